The highest BCUT2D eigenvalue weighted by molar-refractivity contribution is 6.19. The van der Waals surface area contributed by atoms with Crippen LogP contribution in [0.2, 0.25) is 0 Å². The number of halogens is 1. The van der Waals surface area contributed by atoms with E-state index in [1.807, 2.05) is 30.3 Å². The number of nitriles is 1. The Labute approximate surface area is 145 Å². The molecule has 0 aromatic heterocycles. The van der Waals surface area contributed by atoms with Crippen LogP contribution in [0.5, 0.6) is 0 Å². The van der Waals surface area contributed by atoms with Crippen molar-refractivity contribution in [2.24, 2.45) is 0 Å². The first-order chi connectivity index (χ1) is 11.6. The van der Waals surface area contributed by atoms with E-state index in [0.29, 0.717) is 13.1 Å². The van der Waals surface area contributed by atoms with Gasteiger partial charge in [0.2, 0.25) is 5.91 Å². The summed E-state index contributed by atoms with van der Waals surface area (Å²) in [6.45, 7) is 2.80. The van der Waals surface area contributed by atoms with Gasteiger partial charge in [-0.1, -0.05) is 12.1 Å². The molecule has 0 N–H and O–H groups in total. The van der Waals surface area contributed by atoms with Crippen LogP contribution in [-0.2, 0) is 14.3 Å². The van der Waals surface area contributed by atoms with Crippen LogP contribution in [0.4, 0.5) is 11.4 Å². The Balaban J connectivity index is 2.34. The number of hydrogen-bond donors (Lipinski definition) is 0. The first-order valence-corrected chi connectivity index (χ1v) is 8.16. The third-order valence-corrected chi connectivity index (χ3v) is 3.75. The van der Waals surface area contributed by atoms with Gasteiger partial charge >= 0.3 is 5.97 Å². The molecule has 126 valence electrons. The molecule has 0 saturated carbocycles. The van der Waals surface area contributed by atoms with Crippen LogP contribution in [0.1, 0.15) is 13.3 Å². The molecule has 0 radical (unpaired) electrons. The number of nitrogens with zero attached hydrogens (tertiary/aromatic N) is 3. The maximum Gasteiger partial charge on any atom is 0.350 e. The summed E-state index contributed by atoms with van der Waals surface area (Å²) >= 11 is 5.67. The number of carbonyl (C=O) groups excluding carboxylic acids is 2. The Morgan fingerprint density at radius 3 is 2.67 bits per heavy atom. The molecule has 1 heterocycles. The molecule has 1 aromatic carbocycles. The van der Waals surface area contributed by atoms with Crippen molar-refractivity contribution in [3.05, 3.63) is 36.0 Å². The van der Waals surface area contributed by atoms with Crippen LogP contribution >= 0.6 is 11.6 Å². The van der Waals surface area contributed by atoms with Gasteiger partial charge in [0.1, 0.15) is 6.07 Å². The van der Waals surface area contributed by atoms with Gasteiger partial charge in [0.25, 0.3) is 0 Å². The van der Waals surface area contributed by atoms with E-state index in [1.165, 1.54) is 6.20 Å². The normalized spacial score (nSPS) is 14.0. The number of para-hydroxylation sites is 2. The number of amides is 1. The van der Waals surface area contributed by atoms with Gasteiger partial charge in [0.05, 0.1) is 18.0 Å². The lowest BCUT2D eigenvalue weighted by Gasteiger charge is -2.36. The minimum absolute atomic E-state index is 0.0491. The minimum atomic E-state index is -0.655. The molecule has 0 saturated heterocycles. The lowest BCUT2D eigenvalue weighted by atomic mass is 10.1. The van der Waals surface area contributed by atoms with Gasteiger partial charge in [-0.15, -0.1) is 11.6 Å². The highest BCUT2D eigenvalue weighted by atomic mass is 35.5. The summed E-state index contributed by atoms with van der Waals surface area (Å²) in [7, 11) is 0. The monoisotopic (exact) mass is 347 g/mol. The quantitative estimate of drug-likeness (QED) is 0.354. The van der Waals surface area contributed by atoms with Gasteiger partial charge in [-0.25, -0.2) is 4.79 Å². The zero-order valence-corrected chi connectivity index (χ0v) is 14.1. The molecule has 0 aliphatic carbocycles. The van der Waals surface area contributed by atoms with E-state index in [-0.39, 0.29) is 30.4 Å². The van der Waals surface area contributed by atoms with Gasteiger partial charge in [-0.3, -0.25) is 4.79 Å². The molecule has 6 nitrogen and oxygen atoms in total. The molecule has 7 heteroatoms. The third kappa shape index (κ3) is 3.87. The molecule has 1 aliphatic rings. The van der Waals surface area contributed by atoms with E-state index in [0.717, 1.165) is 11.4 Å². The number of benzene rings is 1. The predicted octanol–water partition coefficient (Wildman–Crippen LogP) is 2.44. The Morgan fingerprint density at radius 1 is 1.33 bits per heavy atom. The Kier molecular flexibility index (Phi) is 6.21. The first kappa shape index (κ1) is 17.8. The predicted molar refractivity (Wildman–Crippen MR) is 91.8 cm³/mol. The van der Waals surface area contributed by atoms with E-state index in [4.69, 9.17) is 16.3 Å². The summed E-state index contributed by atoms with van der Waals surface area (Å²) in [4.78, 5) is 27.5. The fourth-order valence-corrected chi connectivity index (χ4v) is 2.65. The highest BCUT2D eigenvalue weighted by Gasteiger charge is 2.26. The average molecular weight is 348 g/mol. The molecule has 0 atom stereocenters. The van der Waals surface area contributed by atoms with E-state index < -0.39 is 5.97 Å². The second kappa shape index (κ2) is 8.37. The lowest BCUT2D eigenvalue weighted by molar-refractivity contribution is -0.138. The largest absolute Gasteiger partial charge is 0.462 e. The Bertz CT molecular complexity index is 697. The van der Waals surface area contributed by atoms with E-state index >= 15 is 0 Å². The minimum Gasteiger partial charge on any atom is -0.462 e. The van der Waals surface area contributed by atoms with E-state index in [2.05, 4.69) is 0 Å². The third-order valence-electron chi connectivity index (χ3n) is 3.56. The smallest absolute Gasteiger partial charge is 0.350 e. The van der Waals surface area contributed by atoms with Gasteiger partial charge in [0.15, 0.2) is 5.57 Å². The van der Waals surface area contributed by atoms with E-state index in [1.54, 1.807) is 16.7 Å². The van der Waals surface area contributed by atoms with Crippen molar-refractivity contribution in [3.63, 3.8) is 0 Å². The van der Waals surface area contributed by atoms with Crippen molar-refractivity contribution in [2.45, 2.75) is 13.3 Å². The summed E-state index contributed by atoms with van der Waals surface area (Å²) < 4.78 is 4.88. The molecule has 24 heavy (non-hydrogen) atoms. The Morgan fingerprint density at radius 2 is 2.04 bits per heavy atom. The summed E-state index contributed by atoms with van der Waals surface area (Å²) in [6, 6.07) is 9.21. The van der Waals surface area contributed by atoms with Crippen molar-refractivity contribution >= 4 is 34.9 Å². The van der Waals surface area contributed by atoms with Gasteiger partial charge in [-0.2, -0.15) is 5.26 Å². The molecule has 0 fully saturated rings. The number of rotatable bonds is 5. The standard InChI is InChI=1S/C17H18ClN3O3/c1-2-24-17(23)13(11-19)12-20-9-10-21(16(22)7-8-18)15-6-4-3-5-14(15)20/h3-6,12H,2,7-10H2,1H3/b13-12+. The number of anilines is 2. The van der Waals surface area contributed by atoms with Crippen LogP contribution in [0, 0.1) is 11.3 Å². The number of esters is 1. The summed E-state index contributed by atoms with van der Waals surface area (Å²) in [6.07, 6.45) is 1.73. The number of hydrogen-bond acceptors (Lipinski definition) is 5. The van der Waals surface area contributed by atoms with Crippen molar-refractivity contribution in [1.29, 1.82) is 5.26 Å². The molecule has 2 rings (SSSR count). The molecule has 0 unspecified atom stereocenters. The summed E-state index contributed by atoms with van der Waals surface area (Å²) in [5.74, 6) is -0.437. The zero-order chi connectivity index (χ0) is 17.5. The summed E-state index contributed by atoms with van der Waals surface area (Å²) in [5.41, 5.74) is 1.41. The van der Waals surface area contributed by atoms with Crippen molar-refractivity contribution in [2.75, 3.05) is 35.4 Å². The second-order valence-corrected chi connectivity index (χ2v) is 5.42. The topological polar surface area (TPSA) is 73.6 Å². The van der Waals surface area contributed by atoms with Crippen molar-refractivity contribution in [1.82, 2.24) is 0 Å². The maximum absolute atomic E-state index is 12.2. The van der Waals surface area contributed by atoms with Crippen LogP contribution in [-0.4, -0.2) is 37.5 Å². The molecule has 1 amide bonds. The van der Waals surface area contributed by atoms with Gasteiger partial charge < -0.3 is 14.5 Å². The number of alkyl halides is 1. The fourth-order valence-electron chi connectivity index (χ4n) is 2.48. The number of fused-ring (bicyclic) bond motifs is 1. The van der Waals surface area contributed by atoms with Crippen LogP contribution in [0.15, 0.2) is 36.0 Å². The van der Waals surface area contributed by atoms with Crippen LogP contribution in [0.25, 0.3) is 0 Å². The molecule has 1 aromatic rings. The average Bonchev–Trinajstić information content (AvgIpc) is 2.59. The van der Waals surface area contributed by atoms with Gasteiger partial charge in [0, 0.05) is 31.6 Å². The fraction of sp³-hybridized carbons (Fsp3) is 0.353. The molecule has 1 aliphatic heterocycles. The first-order valence-electron chi connectivity index (χ1n) is 7.63. The van der Waals surface area contributed by atoms with Crippen LogP contribution in [0.3, 0.4) is 0 Å². The zero-order valence-electron chi connectivity index (χ0n) is 13.4. The SMILES string of the molecule is CCOC(=O)/C(C#N)=C/N1CCN(C(=O)CCCl)c2ccccc21. The second-order valence-electron chi connectivity index (χ2n) is 5.04. The molecular formula is C17H18ClN3O3. The van der Waals surface area contributed by atoms with Crippen molar-refractivity contribution < 1.29 is 14.3 Å². The van der Waals surface area contributed by atoms with Crippen LogP contribution < -0.4 is 9.80 Å². The summed E-state index contributed by atoms with van der Waals surface area (Å²) in [5, 5.41) is 9.19. The maximum atomic E-state index is 12.2. The van der Waals surface area contributed by atoms with E-state index in [9.17, 15) is 14.9 Å². The molecule has 0 spiro atoms. The lowest BCUT2D eigenvalue weighted by Crippen LogP contribution is -2.42. The Hall–Kier alpha value is -2.52. The molecular weight excluding hydrogens is 330 g/mol. The molecule has 0 bridgehead atoms. The number of carbonyl (C=O) groups is 2. The highest BCUT2D eigenvalue weighted by Crippen LogP contribution is 2.33. The van der Waals surface area contributed by atoms with Crippen molar-refractivity contribution in [3.8, 4) is 6.07 Å². The van der Waals surface area contributed by atoms with Gasteiger partial charge in [-0.05, 0) is 19.1 Å². The number of ether oxygens (including phenoxy) is 1.